The van der Waals surface area contributed by atoms with Crippen LogP contribution < -0.4 is 0 Å². The monoisotopic (exact) mass is 361 g/mol. The molecular weight excluding hydrogens is 337 g/mol. The predicted molar refractivity (Wildman–Crippen MR) is 94.6 cm³/mol. The number of methoxy groups -OCH3 is 1. The minimum atomic E-state index is -0.506. The first-order valence-corrected chi connectivity index (χ1v) is 8.73. The summed E-state index contributed by atoms with van der Waals surface area (Å²) in [6, 6.07) is 6.15. The zero-order chi connectivity index (χ0) is 18.7. The second kappa shape index (κ2) is 7.97. The lowest BCUT2D eigenvalue weighted by Gasteiger charge is -2.33. The van der Waals surface area contributed by atoms with Gasteiger partial charge in [0, 0.05) is 37.7 Å². The molecule has 1 fully saturated rings. The van der Waals surface area contributed by atoms with Gasteiger partial charge in [0.25, 0.3) is 0 Å². The van der Waals surface area contributed by atoms with Crippen molar-refractivity contribution < 1.29 is 19.0 Å². The lowest BCUT2D eigenvalue weighted by Crippen LogP contribution is -2.41. The van der Waals surface area contributed by atoms with Gasteiger partial charge in [-0.3, -0.25) is 9.89 Å². The number of aromatic amines is 1. The molecule has 2 N–H and O–H groups in total. The van der Waals surface area contributed by atoms with Gasteiger partial charge in [0.1, 0.15) is 5.82 Å². The van der Waals surface area contributed by atoms with E-state index in [1.54, 1.807) is 37.4 Å². The van der Waals surface area contributed by atoms with Gasteiger partial charge < -0.3 is 14.7 Å². The predicted octanol–water partition coefficient (Wildman–Crippen LogP) is 2.35. The van der Waals surface area contributed by atoms with Gasteiger partial charge in [-0.25, -0.2) is 4.39 Å². The molecular formula is C19H24FN3O3. The number of hydrogen-bond acceptors (Lipinski definition) is 4. The summed E-state index contributed by atoms with van der Waals surface area (Å²) in [4.78, 5) is 14.5. The molecule has 3 rings (SSSR count). The second-order valence-corrected chi connectivity index (χ2v) is 6.82. The van der Waals surface area contributed by atoms with E-state index in [0.29, 0.717) is 25.8 Å². The Labute approximate surface area is 152 Å². The second-order valence-electron chi connectivity index (χ2n) is 6.82. The summed E-state index contributed by atoms with van der Waals surface area (Å²) in [7, 11) is 3.32. The molecule has 0 bridgehead atoms. The van der Waals surface area contributed by atoms with Crippen LogP contribution in [0.3, 0.4) is 0 Å². The van der Waals surface area contributed by atoms with E-state index >= 15 is 0 Å². The van der Waals surface area contributed by atoms with E-state index in [1.807, 2.05) is 0 Å². The molecule has 3 atom stereocenters. The number of aliphatic hydroxyl groups excluding tert-OH is 1. The molecule has 0 aliphatic heterocycles. The Morgan fingerprint density at radius 2 is 2.12 bits per heavy atom. The fourth-order valence-electron chi connectivity index (χ4n) is 3.53. The number of benzene rings is 1. The van der Waals surface area contributed by atoms with Crippen LogP contribution in [0.25, 0.3) is 11.3 Å². The van der Waals surface area contributed by atoms with Crippen LogP contribution in [0.15, 0.2) is 30.5 Å². The van der Waals surface area contributed by atoms with Crippen molar-refractivity contribution in [3.8, 4) is 11.3 Å². The molecule has 1 heterocycles. The molecule has 7 heteroatoms. The molecule has 0 saturated heterocycles. The number of halogens is 1. The first kappa shape index (κ1) is 18.5. The van der Waals surface area contributed by atoms with Gasteiger partial charge in [0.15, 0.2) is 0 Å². The van der Waals surface area contributed by atoms with E-state index in [1.165, 1.54) is 12.1 Å². The van der Waals surface area contributed by atoms with Crippen LogP contribution in [0.2, 0.25) is 0 Å². The van der Waals surface area contributed by atoms with E-state index < -0.39 is 6.10 Å². The molecule has 1 aliphatic rings. The maximum absolute atomic E-state index is 13.1. The highest BCUT2D eigenvalue weighted by atomic mass is 19.1. The number of ether oxygens (including phenoxy) is 1. The number of amides is 1. The highest BCUT2D eigenvalue weighted by molar-refractivity contribution is 5.79. The standard InChI is InChI=1S/C19H24FN3O3/c1-23(19(25)13-5-8-16(24)17(9-13)26-2)11-14-10-21-22-18(14)12-3-6-15(20)7-4-12/h3-4,6-7,10,13,16-17,24H,5,8-9,11H2,1-2H3,(H,21,22)/t13-,16+,17-/m1/s1. The number of hydrogen-bond donors (Lipinski definition) is 2. The highest BCUT2D eigenvalue weighted by Gasteiger charge is 2.34. The van der Waals surface area contributed by atoms with Crippen molar-refractivity contribution in [1.29, 1.82) is 0 Å². The maximum atomic E-state index is 13.1. The lowest BCUT2D eigenvalue weighted by molar-refractivity contribution is -0.140. The number of aromatic nitrogens is 2. The van der Waals surface area contributed by atoms with Crippen LogP contribution in [0.5, 0.6) is 0 Å². The highest BCUT2D eigenvalue weighted by Crippen LogP contribution is 2.29. The van der Waals surface area contributed by atoms with Crippen molar-refractivity contribution in [1.82, 2.24) is 15.1 Å². The van der Waals surface area contributed by atoms with Crippen molar-refractivity contribution in [3.05, 3.63) is 41.8 Å². The van der Waals surface area contributed by atoms with Crippen molar-refractivity contribution in [2.24, 2.45) is 5.92 Å². The smallest absolute Gasteiger partial charge is 0.225 e. The number of carbonyl (C=O) groups is 1. The van der Waals surface area contributed by atoms with Crippen LogP contribution in [-0.2, 0) is 16.1 Å². The lowest BCUT2D eigenvalue weighted by atomic mass is 9.84. The molecule has 1 aliphatic carbocycles. The Balaban J connectivity index is 1.69. The first-order valence-electron chi connectivity index (χ1n) is 8.73. The van der Waals surface area contributed by atoms with Gasteiger partial charge in [-0.1, -0.05) is 0 Å². The van der Waals surface area contributed by atoms with Crippen LogP contribution in [0.4, 0.5) is 4.39 Å². The first-order chi connectivity index (χ1) is 12.5. The molecule has 26 heavy (non-hydrogen) atoms. The number of rotatable bonds is 5. The van der Waals surface area contributed by atoms with Crippen molar-refractivity contribution in [3.63, 3.8) is 0 Å². The summed E-state index contributed by atoms with van der Waals surface area (Å²) in [5, 5.41) is 16.9. The van der Waals surface area contributed by atoms with E-state index in [0.717, 1.165) is 16.8 Å². The van der Waals surface area contributed by atoms with E-state index in [2.05, 4.69) is 10.2 Å². The molecule has 0 spiro atoms. The number of carbonyl (C=O) groups excluding carboxylic acids is 1. The molecule has 6 nitrogen and oxygen atoms in total. The Bertz CT molecular complexity index is 747. The zero-order valence-electron chi connectivity index (χ0n) is 15.0. The van der Waals surface area contributed by atoms with Gasteiger partial charge in [0.05, 0.1) is 24.1 Å². The van der Waals surface area contributed by atoms with Gasteiger partial charge in [0.2, 0.25) is 5.91 Å². The summed E-state index contributed by atoms with van der Waals surface area (Å²) in [6.07, 6.45) is 2.63. The van der Waals surface area contributed by atoms with Crippen molar-refractivity contribution in [2.45, 2.75) is 38.0 Å². The quantitative estimate of drug-likeness (QED) is 0.857. The van der Waals surface area contributed by atoms with Gasteiger partial charge >= 0.3 is 0 Å². The molecule has 0 radical (unpaired) electrons. The number of aliphatic hydroxyl groups is 1. The Hall–Kier alpha value is -2.25. The van der Waals surface area contributed by atoms with Crippen molar-refractivity contribution in [2.75, 3.05) is 14.2 Å². The molecule has 2 aromatic rings. The van der Waals surface area contributed by atoms with Crippen molar-refractivity contribution >= 4 is 5.91 Å². The van der Waals surface area contributed by atoms with E-state index in [9.17, 15) is 14.3 Å². The third kappa shape index (κ3) is 3.94. The van der Waals surface area contributed by atoms with E-state index in [4.69, 9.17) is 4.74 Å². The van der Waals surface area contributed by atoms with Gasteiger partial charge in [-0.05, 0) is 43.5 Å². The van der Waals surface area contributed by atoms with Gasteiger partial charge in [-0.2, -0.15) is 5.10 Å². The topological polar surface area (TPSA) is 78.5 Å². The normalized spacial score (nSPS) is 23.0. The average Bonchev–Trinajstić information content (AvgIpc) is 3.10. The van der Waals surface area contributed by atoms with Gasteiger partial charge in [-0.15, -0.1) is 0 Å². The van der Waals surface area contributed by atoms with Crippen LogP contribution in [0.1, 0.15) is 24.8 Å². The largest absolute Gasteiger partial charge is 0.390 e. The summed E-state index contributed by atoms with van der Waals surface area (Å²) < 4.78 is 18.4. The van der Waals surface area contributed by atoms with Crippen LogP contribution in [-0.4, -0.2) is 52.5 Å². The summed E-state index contributed by atoms with van der Waals surface area (Å²) >= 11 is 0. The average molecular weight is 361 g/mol. The van der Waals surface area contributed by atoms with E-state index in [-0.39, 0.29) is 23.7 Å². The maximum Gasteiger partial charge on any atom is 0.225 e. The molecule has 1 amide bonds. The minimum Gasteiger partial charge on any atom is -0.390 e. The number of nitrogens with one attached hydrogen (secondary N) is 1. The molecule has 0 unspecified atom stereocenters. The SMILES string of the molecule is CO[C@@H]1C[C@H](C(=O)N(C)Cc2cn[nH]c2-c2ccc(F)cc2)CC[C@@H]1O. The molecule has 1 aromatic heterocycles. The van der Waals surface area contributed by atoms with Crippen LogP contribution >= 0.6 is 0 Å². The zero-order valence-corrected chi connectivity index (χ0v) is 15.0. The Morgan fingerprint density at radius 1 is 1.38 bits per heavy atom. The Morgan fingerprint density at radius 3 is 2.81 bits per heavy atom. The fraction of sp³-hybridized carbons (Fsp3) is 0.474. The summed E-state index contributed by atoms with van der Waals surface area (Å²) in [6.45, 7) is 0.402. The molecule has 1 saturated carbocycles. The molecule has 140 valence electrons. The van der Waals surface area contributed by atoms with Crippen LogP contribution in [0, 0.1) is 11.7 Å². The summed E-state index contributed by atoms with van der Waals surface area (Å²) in [5.41, 5.74) is 2.46. The number of H-pyrrole nitrogens is 1. The Kier molecular flexibility index (Phi) is 5.68. The summed E-state index contributed by atoms with van der Waals surface area (Å²) in [5.74, 6) is -0.422. The third-order valence-electron chi connectivity index (χ3n) is 5.04. The fourth-order valence-corrected chi connectivity index (χ4v) is 3.53. The third-order valence-corrected chi connectivity index (χ3v) is 5.04. The number of nitrogens with zero attached hydrogens (tertiary/aromatic N) is 2. The molecule has 1 aromatic carbocycles. The minimum absolute atomic E-state index is 0.0326.